The maximum Gasteiger partial charge on any atom is 0.357 e. The summed E-state index contributed by atoms with van der Waals surface area (Å²) in [5, 5.41) is 20.7. The highest BCUT2D eigenvalue weighted by Gasteiger charge is 2.22. The molecule has 0 amide bonds. The van der Waals surface area contributed by atoms with Crippen molar-refractivity contribution in [2.45, 2.75) is 19.1 Å². The van der Waals surface area contributed by atoms with Gasteiger partial charge in [-0.25, -0.2) is 9.78 Å². The Morgan fingerprint density at radius 3 is 2.94 bits per heavy atom. The Morgan fingerprint density at radius 1 is 1.69 bits per heavy atom. The van der Waals surface area contributed by atoms with Crippen LogP contribution in [0.4, 0.5) is 0 Å². The number of carbonyl (C=O) groups is 1. The number of hydrogen-bond donors (Lipinski definition) is 3. The third kappa shape index (κ3) is 3.18. The van der Waals surface area contributed by atoms with Crippen molar-refractivity contribution in [3.8, 4) is 0 Å². The molecule has 0 aliphatic carbocycles. The van der Waals surface area contributed by atoms with E-state index < -0.39 is 18.2 Å². The summed E-state index contributed by atoms with van der Waals surface area (Å²) in [4.78, 5) is 15.2. The fraction of sp³-hybridized carbons (Fsp3) is 0.556. The molecule has 90 valence electrons. The van der Waals surface area contributed by atoms with Crippen LogP contribution in [0.25, 0.3) is 0 Å². The number of ether oxygens (including phenoxy) is 1. The van der Waals surface area contributed by atoms with Gasteiger partial charge in [0.2, 0.25) is 0 Å². The van der Waals surface area contributed by atoms with Crippen LogP contribution in [0.3, 0.4) is 0 Å². The minimum atomic E-state index is -1.12. The van der Waals surface area contributed by atoms with Gasteiger partial charge in [-0.05, 0) is 6.92 Å². The predicted molar refractivity (Wildman–Crippen MR) is 62.9 cm³/mol. The molecule has 2 atom stereocenters. The van der Waals surface area contributed by atoms with Crippen molar-refractivity contribution < 1.29 is 19.7 Å². The van der Waals surface area contributed by atoms with Crippen LogP contribution < -0.4 is 0 Å². The minimum Gasteiger partial charge on any atom is -0.461 e. The van der Waals surface area contributed by atoms with Gasteiger partial charge in [0.05, 0.1) is 12.7 Å². The SMILES string of the molecule is CCOC(=O)c1csc(C(O)C(O)CS)n1. The molecule has 0 bridgehead atoms. The van der Waals surface area contributed by atoms with Crippen LogP contribution >= 0.6 is 24.0 Å². The van der Waals surface area contributed by atoms with Gasteiger partial charge in [0, 0.05) is 11.1 Å². The molecule has 1 heterocycles. The van der Waals surface area contributed by atoms with Gasteiger partial charge in [-0.15, -0.1) is 11.3 Å². The second-order valence-electron chi connectivity index (χ2n) is 2.99. The van der Waals surface area contributed by atoms with Crippen LogP contribution in [0.5, 0.6) is 0 Å². The molecule has 16 heavy (non-hydrogen) atoms. The average molecular weight is 263 g/mol. The van der Waals surface area contributed by atoms with E-state index in [2.05, 4.69) is 17.6 Å². The Kier molecular flexibility index (Phi) is 5.20. The smallest absolute Gasteiger partial charge is 0.357 e. The number of thiazole rings is 1. The van der Waals surface area contributed by atoms with E-state index in [-0.39, 0.29) is 23.1 Å². The van der Waals surface area contributed by atoms with E-state index >= 15 is 0 Å². The van der Waals surface area contributed by atoms with Crippen molar-refractivity contribution in [3.63, 3.8) is 0 Å². The first-order valence-electron chi connectivity index (χ1n) is 4.69. The topological polar surface area (TPSA) is 79.7 Å². The van der Waals surface area contributed by atoms with Crippen LogP contribution in [0, 0.1) is 0 Å². The van der Waals surface area contributed by atoms with E-state index in [0.717, 1.165) is 11.3 Å². The van der Waals surface area contributed by atoms with Gasteiger partial charge in [-0.1, -0.05) is 0 Å². The highest BCUT2D eigenvalue weighted by atomic mass is 32.1. The summed E-state index contributed by atoms with van der Waals surface area (Å²) in [5.41, 5.74) is 0.146. The van der Waals surface area contributed by atoms with Crippen molar-refractivity contribution >= 4 is 29.9 Å². The zero-order valence-corrected chi connectivity index (χ0v) is 10.4. The summed E-state index contributed by atoms with van der Waals surface area (Å²) in [6.07, 6.45) is -2.12. The number of aliphatic hydroxyl groups is 2. The van der Waals surface area contributed by atoms with Gasteiger partial charge >= 0.3 is 5.97 Å². The van der Waals surface area contributed by atoms with E-state index in [9.17, 15) is 15.0 Å². The number of aromatic nitrogens is 1. The Balaban J connectivity index is 2.74. The quantitative estimate of drug-likeness (QED) is 0.537. The molecule has 2 unspecified atom stereocenters. The summed E-state index contributed by atoms with van der Waals surface area (Å²) in [5.74, 6) is -0.410. The van der Waals surface area contributed by atoms with E-state index in [1.807, 2.05) is 0 Å². The highest BCUT2D eigenvalue weighted by molar-refractivity contribution is 7.80. The lowest BCUT2D eigenvalue weighted by Gasteiger charge is -2.12. The predicted octanol–water partition coefficient (Wildman–Crippen LogP) is 0.644. The van der Waals surface area contributed by atoms with Crippen molar-refractivity contribution in [1.82, 2.24) is 4.98 Å². The van der Waals surface area contributed by atoms with Gasteiger partial charge in [-0.2, -0.15) is 12.6 Å². The van der Waals surface area contributed by atoms with Gasteiger partial charge in [0.25, 0.3) is 0 Å². The maximum absolute atomic E-state index is 11.3. The van der Waals surface area contributed by atoms with Gasteiger partial charge in [0.1, 0.15) is 11.1 Å². The summed E-state index contributed by atoms with van der Waals surface area (Å²) in [6.45, 7) is 1.97. The molecule has 0 radical (unpaired) electrons. The third-order valence-corrected chi connectivity index (χ3v) is 3.10. The van der Waals surface area contributed by atoms with Crippen LogP contribution in [-0.4, -0.2) is 39.6 Å². The first-order chi connectivity index (χ1) is 7.60. The first kappa shape index (κ1) is 13.4. The van der Waals surface area contributed by atoms with Gasteiger partial charge in [-0.3, -0.25) is 0 Å². The Morgan fingerprint density at radius 2 is 2.38 bits per heavy atom. The number of esters is 1. The standard InChI is InChI=1S/C9H13NO4S2/c1-2-14-9(13)5-4-16-8(10-5)7(12)6(11)3-15/h4,6-7,11-12,15H,2-3H2,1H3. The minimum absolute atomic E-state index is 0.121. The van der Waals surface area contributed by atoms with Crippen molar-refractivity contribution in [3.05, 3.63) is 16.1 Å². The molecule has 0 aliphatic rings. The second kappa shape index (κ2) is 6.19. The number of hydrogen-bond acceptors (Lipinski definition) is 7. The van der Waals surface area contributed by atoms with E-state index in [1.54, 1.807) is 6.92 Å². The van der Waals surface area contributed by atoms with Crippen molar-refractivity contribution in [2.75, 3.05) is 12.4 Å². The average Bonchev–Trinajstić information content (AvgIpc) is 2.76. The first-order valence-corrected chi connectivity index (χ1v) is 6.20. The lowest BCUT2D eigenvalue weighted by Crippen LogP contribution is -2.19. The molecule has 0 saturated heterocycles. The molecule has 5 nitrogen and oxygen atoms in total. The second-order valence-corrected chi connectivity index (χ2v) is 4.24. The lowest BCUT2D eigenvalue weighted by atomic mass is 10.2. The van der Waals surface area contributed by atoms with Crippen molar-refractivity contribution in [1.29, 1.82) is 0 Å². The normalized spacial score (nSPS) is 14.5. The Hall–Kier alpha value is -0.630. The molecule has 1 aromatic rings. The zero-order chi connectivity index (χ0) is 12.1. The Labute approximate surface area is 102 Å². The fourth-order valence-corrected chi connectivity index (χ4v) is 2.02. The number of rotatable bonds is 5. The Bertz CT molecular complexity index is 355. The fourth-order valence-electron chi connectivity index (χ4n) is 0.987. The zero-order valence-electron chi connectivity index (χ0n) is 8.66. The molecule has 1 rings (SSSR count). The molecule has 0 aromatic carbocycles. The largest absolute Gasteiger partial charge is 0.461 e. The third-order valence-electron chi connectivity index (χ3n) is 1.81. The van der Waals surface area contributed by atoms with Crippen molar-refractivity contribution in [2.24, 2.45) is 0 Å². The van der Waals surface area contributed by atoms with Crippen LogP contribution in [0.2, 0.25) is 0 Å². The molecule has 7 heteroatoms. The highest BCUT2D eigenvalue weighted by Crippen LogP contribution is 2.22. The molecule has 0 aliphatic heterocycles. The van der Waals surface area contributed by atoms with E-state index in [1.165, 1.54) is 5.38 Å². The maximum atomic E-state index is 11.3. The number of nitrogens with zero attached hydrogens (tertiary/aromatic N) is 1. The van der Waals surface area contributed by atoms with Gasteiger partial charge < -0.3 is 14.9 Å². The molecule has 0 fully saturated rings. The summed E-state index contributed by atoms with van der Waals surface area (Å²) < 4.78 is 4.75. The number of thiol groups is 1. The van der Waals surface area contributed by atoms with E-state index in [4.69, 9.17) is 4.74 Å². The summed E-state index contributed by atoms with van der Waals surface area (Å²) in [7, 11) is 0. The summed E-state index contributed by atoms with van der Waals surface area (Å²) in [6, 6.07) is 0. The molecule has 0 saturated carbocycles. The molecule has 2 N–H and O–H groups in total. The van der Waals surface area contributed by atoms with Crippen LogP contribution in [0.1, 0.15) is 28.5 Å². The number of carbonyl (C=O) groups excluding carboxylic acids is 1. The monoisotopic (exact) mass is 263 g/mol. The molecular formula is C9H13NO4S2. The molecular weight excluding hydrogens is 250 g/mol. The van der Waals surface area contributed by atoms with E-state index in [0.29, 0.717) is 0 Å². The number of aliphatic hydroxyl groups excluding tert-OH is 2. The summed E-state index contributed by atoms with van der Waals surface area (Å²) >= 11 is 4.96. The molecule has 0 spiro atoms. The lowest BCUT2D eigenvalue weighted by molar-refractivity contribution is 0.0331. The van der Waals surface area contributed by atoms with Crippen LogP contribution in [0.15, 0.2) is 5.38 Å². The molecule has 1 aromatic heterocycles. The van der Waals surface area contributed by atoms with Gasteiger partial charge in [0.15, 0.2) is 5.69 Å². The van der Waals surface area contributed by atoms with Crippen LogP contribution in [-0.2, 0) is 4.74 Å².